The lowest BCUT2D eigenvalue weighted by Gasteiger charge is -2.35. The highest BCUT2D eigenvalue weighted by molar-refractivity contribution is 6.33. The molecule has 1 aliphatic heterocycles. The van der Waals surface area contributed by atoms with E-state index in [4.69, 9.17) is 16.6 Å². The molecule has 33 heavy (non-hydrogen) atoms. The third-order valence-electron chi connectivity index (χ3n) is 5.99. The average molecular weight is 458 g/mol. The Labute approximate surface area is 197 Å². The number of fused-ring (bicyclic) bond motifs is 1. The van der Waals surface area contributed by atoms with E-state index >= 15 is 0 Å². The Hall–Kier alpha value is -3.64. The molecule has 7 heteroatoms. The summed E-state index contributed by atoms with van der Waals surface area (Å²) < 4.78 is 0. The highest BCUT2D eigenvalue weighted by Crippen LogP contribution is 2.33. The number of carbonyl (C=O) groups is 1. The quantitative estimate of drug-likeness (QED) is 0.447. The first kappa shape index (κ1) is 21.2. The Bertz CT molecular complexity index is 1300. The molecule has 6 nitrogen and oxygen atoms in total. The number of rotatable bonds is 4. The molecule has 0 unspecified atom stereocenters. The van der Waals surface area contributed by atoms with Gasteiger partial charge in [-0.1, -0.05) is 48.0 Å². The van der Waals surface area contributed by atoms with Gasteiger partial charge in [0.15, 0.2) is 0 Å². The zero-order valence-corrected chi connectivity index (χ0v) is 19.1. The number of benzene rings is 3. The summed E-state index contributed by atoms with van der Waals surface area (Å²) >= 11 is 6.45. The number of hydrogen-bond donors (Lipinski definition) is 1. The molecule has 0 spiro atoms. The molecule has 2 heterocycles. The minimum atomic E-state index is 0.141. The zero-order chi connectivity index (χ0) is 22.8. The van der Waals surface area contributed by atoms with Gasteiger partial charge in [-0.25, -0.2) is 9.97 Å². The van der Waals surface area contributed by atoms with Crippen LogP contribution in [0.5, 0.6) is 0 Å². The molecule has 0 radical (unpaired) electrons. The second kappa shape index (κ2) is 9.08. The Kier molecular flexibility index (Phi) is 5.84. The number of piperazine rings is 1. The first-order valence-electron chi connectivity index (χ1n) is 11.0. The van der Waals surface area contributed by atoms with Gasteiger partial charge in [-0.2, -0.15) is 0 Å². The molecule has 0 saturated carbocycles. The molecular formula is C26H24ClN5O. The van der Waals surface area contributed by atoms with Crippen molar-refractivity contribution in [1.82, 2.24) is 14.9 Å². The van der Waals surface area contributed by atoms with E-state index in [-0.39, 0.29) is 5.91 Å². The third kappa shape index (κ3) is 4.47. The monoisotopic (exact) mass is 457 g/mol. The summed E-state index contributed by atoms with van der Waals surface area (Å²) in [7, 11) is 0. The number of para-hydroxylation sites is 1. The minimum absolute atomic E-state index is 0.141. The van der Waals surface area contributed by atoms with Gasteiger partial charge in [-0.05, 0) is 30.3 Å². The predicted octanol–water partition coefficient (Wildman–Crippen LogP) is 5.36. The van der Waals surface area contributed by atoms with Gasteiger partial charge < -0.3 is 15.1 Å². The van der Waals surface area contributed by atoms with Gasteiger partial charge in [0.25, 0.3) is 0 Å². The van der Waals surface area contributed by atoms with Crippen molar-refractivity contribution in [3.05, 3.63) is 77.9 Å². The number of aromatic nitrogens is 2. The first-order valence-corrected chi connectivity index (χ1v) is 11.3. The minimum Gasteiger partial charge on any atom is -0.368 e. The lowest BCUT2D eigenvalue weighted by Crippen LogP contribution is -2.48. The fourth-order valence-corrected chi connectivity index (χ4v) is 4.41. The SMILES string of the molecule is CC(=O)N1CCN(c2ccc(Nc3ncc4cccc(-c5ccccc5Cl)c4n3)cc2)CC1. The Morgan fingerprint density at radius 3 is 2.36 bits per heavy atom. The van der Waals surface area contributed by atoms with Crippen LogP contribution in [0.2, 0.25) is 5.02 Å². The number of carbonyl (C=O) groups excluding carboxylic acids is 1. The molecular weight excluding hydrogens is 434 g/mol. The average Bonchev–Trinajstić information content (AvgIpc) is 2.85. The normalized spacial score (nSPS) is 13.9. The van der Waals surface area contributed by atoms with Crippen LogP contribution in [0.4, 0.5) is 17.3 Å². The number of nitrogens with one attached hydrogen (secondary N) is 1. The molecule has 0 aliphatic carbocycles. The molecule has 1 amide bonds. The highest BCUT2D eigenvalue weighted by Gasteiger charge is 2.18. The topological polar surface area (TPSA) is 61.4 Å². The zero-order valence-electron chi connectivity index (χ0n) is 18.3. The van der Waals surface area contributed by atoms with Gasteiger partial charge in [-0.3, -0.25) is 4.79 Å². The van der Waals surface area contributed by atoms with E-state index in [1.165, 1.54) is 0 Å². The summed E-state index contributed by atoms with van der Waals surface area (Å²) in [5.41, 5.74) is 4.83. The van der Waals surface area contributed by atoms with Crippen molar-refractivity contribution in [1.29, 1.82) is 0 Å². The van der Waals surface area contributed by atoms with Crippen molar-refractivity contribution >= 4 is 45.7 Å². The van der Waals surface area contributed by atoms with E-state index in [1.807, 2.05) is 65.7 Å². The summed E-state index contributed by atoms with van der Waals surface area (Å²) in [5, 5.41) is 4.96. The molecule has 1 saturated heterocycles. The Morgan fingerprint density at radius 1 is 0.909 bits per heavy atom. The third-order valence-corrected chi connectivity index (χ3v) is 6.32. The van der Waals surface area contributed by atoms with E-state index in [0.29, 0.717) is 11.0 Å². The Morgan fingerprint density at radius 2 is 1.64 bits per heavy atom. The summed E-state index contributed by atoms with van der Waals surface area (Å²) in [4.78, 5) is 25.0. The maximum atomic E-state index is 11.5. The summed E-state index contributed by atoms with van der Waals surface area (Å²) in [6.07, 6.45) is 1.83. The molecule has 3 aromatic carbocycles. The van der Waals surface area contributed by atoms with Crippen molar-refractivity contribution < 1.29 is 4.79 Å². The van der Waals surface area contributed by atoms with Gasteiger partial charge in [0.2, 0.25) is 11.9 Å². The number of anilines is 3. The van der Waals surface area contributed by atoms with Crippen LogP contribution in [0.3, 0.4) is 0 Å². The molecule has 1 N–H and O–H groups in total. The number of hydrogen-bond acceptors (Lipinski definition) is 5. The second-order valence-corrected chi connectivity index (χ2v) is 8.49. The van der Waals surface area contributed by atoms with Crippen LogP contribution in [0.15, 0.2) is 72.9 Å². The van der Waals surface area contributed by atoms with Crippen LogP contribution in [0.25, 0.3) is 22.0 Å². The van der Waals surface area contributed by atoms with E-state index < -0.39 is 0 Å². The molecule has 166 valence electrons. The maximum absolute atomic E-state index is 11.5. The van der Waals surface area contributed by atoms with Crippen LogP contribution in [-0.4, -0.2) is 47.0 Å². The largest absolute Gasteiger partial charge is 0.368 e. The van der Waals surface area contributed by atoms with Gasteiger partial charge in [-0.15, -0.1) is 0 Å². The molecule has 4 aromatic rings. The smallest absolute Gasteiger partial charge is 0.227 e. The van der Waals surface area contributed by atoms with Crippen LogP contribution >= 0.6 is 11.6 Å². The predicted molar refractivity (Wildman–Crippen MR) is 134 cm³/mol. The van der Waals surface area contributed by atoms with E-state index in [9.17, 15) is 4.79 Å². The molecule has 0 bridgehead atoms. The molecule has 5 rings (SSSR count). The lowest BCUT2D eigenvalue weighted by molar-refractivity contribution is -0.129. The summed E-state index contributed by atoms with van der Waals surface area (Å²) in [6.45, 7) is 4.82. The molecule has 0 atom stereocenters. The van der Waals surface area contributed by atoms with Crippen LogP contribution < -0.4 is 10.2 Å². The van der Waals surface area contributed by atoms with Gasteiger partial charge >= 0.3 is 0 Å². The Balaban J connectivity index is 1.36. The van der Waals surface area contributed by atoms with E-state index in [2.05, 4.69) is 27.3 Å². The number of nitrogens with zero attached hydrogens (tertiary/aromatic N) is 4. The fraction of sp³-hybridized carbons (Fsp3) is 0.192. The lowest BCUT2D eigenvalue weighted by atomic mass is 10.0. The van der Waals surface area contributed by atoms with Crippen molar-refractivity contribution in [2.75, 3.05) is 36.4 Å². The van der Waals surface area contributed by atoms with Crippen molar-refractivity contribution in [3.8, 4) is 11.1 Å². The molecule has 1 aliphatic rings. The molecule has 1 aromatic heterocycles. The summed E-state index contributed by atoms with van der Waals surface area (Å²) in [5.74, 6) is 0.673. The van der Waals surface area contributed by atoms with Crippen LogP contribution in [-0.2, 0) is 4.79 Å². The number of amides is 1. The van der Waals surface area contributed by atoms with Crippen LogP contribution in [0.1, 0.15) is 6.92 Å². The van der Waals surface area contributed by atoms with E-state index in [0.717, 1.165) is 59.6 Å². The van der Waals surface area contributed by atoms with Crippen LogP contribution in [0, 0.1) is 0 Å². The fourth-order valence-electron chi connectivity index (χ4n) is 4.18. The first-order chi connectivity index (χ1) is 16.1. The van der Waals surface area contributed by atoms with Crippen molar-refractivity contribution in [2.45, 2.75) is 6.92 Å². The van der Waals surface area contributed by atoms with E-state index in [1.54, 1.807) is 6.92 Å². The van der Waals surface area contributed by atoms with Crippen molar-refractivity contribution in [2.24, 2.45) is 0 Å². The van der Waals surface area contributed by atoms with Crippen molar-refractivity contribution in [3.63, 3.8) is 0 Å². The van der Waals surface area contributed by atoms with Gasteiger partial charge in [0, 0.05) is 72.2 Å². The second-order valence-electron chi connectivity index (χ2n) is 8.08. The van der Waals surface area contributed by atoms with Gasteiger partial charge in [0.1, 0.15) is 0 Å². The standard InChI is InChI=1S/C26H24ClN5O/c1-18(33)31-13-15-32(16-14-31)21-11-9-20(10-12-21)29-26-28-17-19-5-4-7-23(25(19)30-26)22-6-2-3-8-24(22)27/h2-12,17H,13-16H2,1H3,(H,28,29,30). The maximum Gasteiger partial charge on any atom is 0.227 e. The highest BCUT2D eigenvalue weighted by atomic mass is 35.5. The summed E-state index contributed by atoms with van der Waals surface area (Å²) in [6, 6.07) is 22.0. The molecule has 1 fully saturated rings. The number of halogens is 1. The van der Waals surface area contributed by atoms with Gasteiger partial charge in [0.05, 0.1) is 5.52 Å².